The first kappa shape index (κ1) is 10.6. The first-order valence-electron chi connectivity index (χ1n) is 4.40. The number of aryl methyl sites for hydroxylation is 1. The predicted octanol–water partition coefficient (Wildman–Crippen LogP) is 3.76. The van der Waals surface area contributed by atoms with Crippen molar-refractivity contribution < 1.29 is 9.53 Å². The van der Waals surface area contributed by atoms with Crippen LogP contribution in [0.25, 0.3) is 10.1 Å². The van der Waals surface area contributed by atoms with Crippen molar-refractivity contribution in [3.63, 3.8) is 0 Å². The zero-order valence-electron chi connectivity index (χ0n) is 8.33. The number of carbonyl (C=O) groups excluding carboxylic acids is 1. The number of fused-ring (bicyclic) bond motifs is 1. The molecule has 0 atom stereocenters. The lowest BCUT2D eigenvalue weighted by atomic mass is 10.2. The smallest absolute Gasteiger partial charge is 0.348 e. The van der Waals surface area contributed by atoms with Crippen LogP contribution >= 0.6 is 27.3 Å². The Kier molecular flexibility index (Phi) is 2.80. The molecule has 1 aromatic heterocycles. The maximum absolute atomic E-state index is 11.4. The van der Waals surface area contributed by atoms with Gasteiger partial charge in [-0.25, -0.2) is 4.79 Å². The number of hydrogen-bond donors (Lipinski definition) is 0. The molecule has 0 spiro atoms. The van der Waals surface area contributed by atoms with E-state index in [0.29, 0.717) is 4.88 Å². The van der Waals surface area contributed by atoms with Gasteiger partial charge < -0.3 is 4.74 Å². The van der Waals surface area contributed by atoms with E-state index < -0.39 is 0 Å². The van der Waals surface area contributed by atoms with Gasteiger partial charge >= 0.3 is 5.97 Å². The number of hydrogen-bond acceptors (Lipinski definition) is 3. The highest BCUT2D eigenvalue weighted by Crippen LogP contribution is 2.34. The van der Waals surface area contributed by atoms with Crippen molar-refractivity contribution in [3.8, 4) is 0 Å². The van der Waals surface area contributed by atoms with Crippen LogP contribution in [0, 0.1) is 6.92 Å². The Balaban J connectivity index is 2.70. The third kappa shape index (κ3) is 1.79. The standard InChI is InChI=1S/C11H9BrO2S/c1-6-3-4-8(12)7-5-9(11(13)14-2)15-10(6)7/h3-5H,1-2H3. The molecule has 0 bridgehead atoms. The number of halogens is 1. The van der Waals surface area contributed by atoms with E-state index in [0.717, 1.165) is 14.6 Å². The topological polar surface area (TPSA) is 26.3 Å². The second-order valence-corrected chi connectivity index (χ2v) is 5.12. The maximum atomic E-state index is 11.4. The summed E-state index contributed by atoms with van der Waals surface area (Å²) in [6.45, 7) is 2.03. The third-order valence-corrected chi connectivity index (χ3v) is 4.16. The van der Waals surface area contributed by atoms with Crippen LogP contribution in [0.15, 0.2) is 22.7 Å². The summed E-state index contributed by atoms with van der Waals surface area (Å²) in [4.78, 5) is 12.0. The van der Waals surface area contributed by atoms with Crippen molar-refractivity contribution in [2.24, 2.45) is 0 Å². The number of benzene rings is 1. The van der Waals surface area contributed by atoms with Gasteiger partial charge in [0.05, 0.1) is 7.11 Å². The molecule has 0 amide bonds. The van der Waals surface area contributed by atoms with Gasteiger partial charge in [0.25, 0.3) is 0 Å². The predicted molar refractivity (Wildman–Crippen MR) is 65.6 cm³/mol. The Bertz CT molecular complexity index is 492. The van der Waals surface area contributed by atoms with Gasteiger partial charge in [0, 0.05) is 14.6 Å². The highest BCUT2D eigenvalue weighted by atomic mass is 79.9. The molecular weight excluding hydrogens is 276 g/mol. The third-order valence-electron chi connectivity index (χ3n) is 2.21. The van der Waals surface area contributed by atoms with Crippen LogP contribution in [-0.4, -0.2) is 13.1 Å². The van der Waals surface area contributed by atoms with Crippen LogP contribution in [0.1, 0.15) is 15.2 Å². The molecule has 15 heavy (non-hydrogen) atoms. The molecular formula is C11H9BrO2S. The van der Waals surface area contributed by atoms with Gasteiger partial charge in [-0.1, -0.05) is 22.0 Å². The second kappa shape index (κ2) is 3.94. The summed E-state index contributed by atoms with van der Waals surface area (Å²) in [7, 11) is 1.40. The Hall–Kier alpha value is -0.870. The Morgan fingerprint density at radius 2 is 2.20 bits per heavy atom. The Labute approximate surface area is 100.0 Å². The van der Waals surface area contributed by atoms with E-state index >= 15 is 0 Å². The summed E-state index contributed by atoms with van der Waals surface area (Å²) in [5.41, 5.74) is 1.17. The van der Waals surface area contributed by atoms with Gasteiger partial charge in [-0.15, -0.1) is 11.3 Å². The fraction of sp³-hybridized carbons (Fsp3) is 0.182. The van der Waals surface area contributed by atoms with E-state index in [2.05, 4.69) is 15.9 Å². The lowest BCUT2D eigenvalue weighted by Crippen LogP contribution is -1.96. The molecule has 0 saturated carbocycles. The van der Waals surface area contributed by atoms with E-state index in [-0.39, 0.29) is 5.97 Å². The molecule has 0 radical (unpaired) electrons. The summed E-state index contributed by atoms with van der Waals surface area (Å²) in [5.74, 6) is -0.275. The zero-order chi connectivity index (χ0) is 11.0. The van der Waals surface area contributed by atoms with Gasteiger partial charge in [0.15, 0.2) is 0 Å². The first-order chi connectivity index (χ1) is 7.13. The highest BCUT2D eigenvalue weighted by molar-refractivity contribution is 9.10. The van der Waals surface area contributed by atoms with Crippen molar-refractivity contribution in [1.29, 1.82) is 0 Å². The zero-order valence-corrected chi connectivity index (χ0v) is 10.7. The van der Waals surface area contributed by atoms with Crippen molar-refractivity contribution in [1.82, 2.24) is 0 Å². The molecule has 78 valence electrons. The molecule has 2 rings (SSSR count). The summed E-state index contributed by atoms with van der Waals surface area (Å²) in [6, 6.07) is 5.89. The molecule has 1 heterocycles. The molecule has 0 aliphatic carbocycles. The SMILES string of the molecule is COC(=O)c1cc2c(Br)ccc(C)c2s1. The van der Waals surface area contributed by atoms with Crippen LogP contribution in [0.3, 0.4) is 0 Å². The molecule has 0 aliphatic rings. The average molecular weight is 285 g/mol. The fourth-order valence-electron chi connectivity index (χ4n) is 1.43. The largest absolute Gasteiger partial charge is 0.465 e. The Morgan fingerprint density at radius 1 is 1.47 bits per heavy atom. The van der Waals surface area contributed by atoms with Crippen LogP contribution in [0.4, 0.5) is 0 Å². The normalized spacial score (nSPS) is 10.6. The van der Waals surface area contributed by atoms with Crippen molar-refractivity contribution in [3.05, 3.63) is 33.1 Å². The number of ether oxygens (including phenoxy) is 1. The van der Waals surface area contributed by atoms with E-state index in [4.69, 9.17) is 4.74 Å². The molecule has 4 heteroatoms. The molecule has 0 aliphatic heterocycles. The quantitative estimate of drug-likeness (QED) is 0.746. The van der Waals surface area contributed by atoms with Crippen LogP contribution in [0.2, 0.25) is 0 Å². The number of rotatable bonds is 1. The molecule has 2 nitrogen and oxygen atoms in total. The summed E-state index contributed by atoms with van der Waals surface area (Å²) in [5, 5.41) is 1.07. The summed E-state index contributed by atoms with van der Waals surface area (Å²) >= 11 is 4.94. The summed E-state index contributed by atoms with van der Waals surface area (Å²) < 4.78 is 6.84. The minimum absolute atomic E-state index is 0.275. The number of esters is 1. The molecule has 0 fully saturated rings. The van der Waals surface area contributed by atoms with Crippen molar-refractivity contribution in [2.75, 3.05) is 7.11 Å². The minimum atomic E-state index is -0.275. The number of thiophene rings is 1. The minimum Gasteiger partial charge on any atom is -0.465 e. The average Bonchev–Trinajstić information content (AvgIpc) is 2.68. The monoisotopic (exact) mass is 284 g/mol. The first-order valence-corrected chi connectivity index (χ1v) is 6.01. The molecule has 0 saturated heterocycles. The molecule has 0 unspecified atom stereocenters. The van der Waals surface area contributed by atoms with E-state index in [1.807, 2.05) is 25.1 Å². The lowest BCUT2D eigenvalue weighted by Gasteiger charge is -1.96. The Morgan fingerprint density at radius 3 is 2.80 bits per heavy atom. The van der Waals surface area contributed by atoms with Gasteiger partial charge in [-0.3, -0.25) is 0 Å². The number of methoxy groups -OCH3 is 1. The van der Waals surface area contributed by atoms with Crippen LogP contribution < -0.4 is 0 Å². The van der Waals surface area contributed by atoms with Gasteiger partial charge in [-0.2, -0.15) is 0 Å². The van der Waals surface area contributed by atoms with E-state index in [9.17, 15) is 4.79 Å². The van der Waals surface area contributed by atoms with E-state index in [1.54, 1.807) is 0 Å². The van der Waals surface area contributed by atoms with Gasteiger partial charge in [0.1, 0.15) is 4.88 Å². The lowest BCUT2D eigenvalue weighted by molar-refractivity contribution is 0.0606. The summed E-state index contributed by atoms with van der Waals surface area (Å²) in [6.07, 6.45) is 0. The maximum Gasteiger partial charge on any atom is 0.348 e. The highest BCUT2D eigenvalue weighted by Gasteiger charge is 2.12. The number of carbonyl (C=O) groups is 1. The van der Waals surface area contributed by atoms with Gasteiger partial charge in [0.2, 0.25) is 0 Å². The molecule has 1 aromatic carbocycles. The van der Waals surface area contributed by atoms with Crippen LogP contribution in [-0.2, 0) is 4.74 Å². The molecule has 2 aromatic rings. The van der Waals surface area contributed by atoms with Crippen molar-refractivity contribution >= 4 is 43.3 Å². The van der Waals surface area contributed by atoms with E-state index in [1.165, 1.54) is 24.0 Å². The van der Waals surface area contributed by atoms with Gasteiger partial charge in [-0.05, 0) is 24.6 Å². The molecule has 0 N–H and O–H groups in total. The fourth-order valence-corrected chi connectivity index (χ4v) is 3.07. The van der Waals surface area contributed by atoms with Crippen molar-refractivity contribution in [2.45, 2.75) is 6.92 Å². The van der Waals surface area contributed by atoms with Crippen LogP contribution in [0.5, 0.6) is 0 Å². The second-order valence-electron chi connectivity index (χ2n) is 3.21.